The molecule has 0 spiro atoms. The standard InChI is InChI=1S/C16H15FN2O2/c17-13-8-4-5-9-14(13)19-15(20)10-11-18-16(21)12-6-2-1-3-7-12/h1-9H,10-11H2,(H,18,21)(H,19,20). The van der Waals surface area contributed by atoms with Gasteiger partial charge < -0.3 is 10.6 Å². The molecule has 2 aromatic carbocycles. The molecule has 2 N–H and O–H groups in total. The van der Waals surface area contributed by atoms with Gasteiger partial charge in [0.05, 0.1) is 5.69 Å². The molecule has 0 bridgehead atoms. The molecule has 4 nitrogen and oxygen atoms in total. The van der Waals surface area contributed by atoms with E-state index >= 15 is 0 Å². The van der Waals surface area contributed by atoms with Gasteiger partial charge in [0.25, 0.3) is 5.91 Å². The number of amides is 2. The van der Waals surface area contributed by atoms with Gasteiger partial charge in [0.1, 0.15) is 5.82 Å². The van der Waals surface area contributed by atoms with Gasteiger partial charge in [-0.15, -0.1) is 0 Å². The van der Waals surface area contributed by atoms with Crippen LogP contribution < -0.4 is 10.6 Å². The van der Waals surface area contributed by atoms with Gasteiger partial charge in [-0.1, -0.05) is 30.3 Å². The van der Waals surface area contributed by atoms with Crippen LogP contribution >= 0.6 is 0 Å². The summed E-state index contributed by atoms with van der Waals surface area (Å²) < 4.78 is 13.3. The van der Waals surface area contributed by atoms with E-state index < -0.39 is 5.82 Å². The van der Waals surface area contributed by atoms with Crippen LogP contribution in [0, 0.1) is 5.82 Å². The zero-order valence-electron chi connectivity index (χ0n) is 11.3. The summed E-state index contributed by atoms with van der Waals surface area (Å²) in [6.07, 6.45) is 0.0763. The van der Waals surface area contributed by atoms with Crippen LogP contribution in [0.25, 0.3) is 0 Å². The molecule has 0 aliphatic heterocycles. The molecule has 0 fully saturated rings. The minimum atomic E-state index is -0.487. The Kier molecular flexibility index (Phi) is 5.04. The van der Waals surface area contributed by atoms with Crippen LogP contribution in [-0.2, 0) is 4.79 Å². The van der Waals surface area contributed by atoms with Crippen molar-refractivity contribution in [2.45, 2.75) is 6.42 Å². The van der Waals surface area contributed by atoms with E-state index in [2.05, 4.69) is 10.6 Å². The second-order valence-corrected chi connectivity index (χ2v) is 4.40. The monoisotopic (exact) mass is 286 g/mol. The van der Waals surface area contributed by atoms with Crippen molar-refractivity contribution in [1.82, 2.24) is 5.32 Å². The molecule has 0 radical (unpaired) electrons. The molecule has 0 aromatic heterocycles. The second kappa shape index (κ2) is 7.19. The summed E-state index contributed by atoms with van der Waals surface area (Å²) in [5, 5.41) is 5.10. The molecule has 0 saturated carbocycles. The molecule has 0 unspecified atom stereocenters. The number of benzene rings is 2. The summed E-state index contributed by atoms with van der Waals surface area (Å²) in [4.78, 5) is 23.4. The van der Waals surface area contributed by atoms with Crippen molar-refractivity contribution >= 4 is 17.5 Å². The fraction of sp³-hybridized carbons (Fsp3) is 0.125. The second-order valence-electron chi connectivity index (χ2n) is 4.40. The van der Waals surface area contributed by atoms with Crippen molar-refractivity contribution in [1.29, 1.82) is 0 Å². The lowest BCUT2D eigenvalue weighted by Gasteiger charge is -2.07. The lowest BCUT2D eigenvalue weighted by molar-refractivity contribution is -0.116. The molecule has 21 heavy (non-hydrogen) atoms. The molecular weight excluding hydrogens is 271 g/mol. The summed E-state index contributed by atoms with van der Waals surface area (Å²) in [5.74, 6) is -1.08. The molecule has 0 atom stereocenters. The van der Waals surface area contributed by atoms with E-state index in [1.807, 2.05) is 6.07 Å². The van der Waals surface area contributed by atoms with Gasteiger partial charge in [-0.25, -0.2) is 4.39 Å². The third-order valence-corrected chi connectivity index (χ3v) is 2.82. The molecular formula is C16H15FN2O2. The van der Waals surface area contributed by atoms with Gasteiger partial charge in [0.15, 0.2) is 0 Å². The highest BCUT2D eigenvalue weighted by atomic mass is 19.1. The topological polar surface area (TPSA) is 58.2 Å². The third-order valence-electron chi connectivity index (χ3n) is 2.82. The Bertz CT molecular complexity index is 629. The lowest BCUT2D eigenvalue weighted by Crippen LogP contribution is -2.27. The predicted octanol–water partition coefficient (Wildman–Crippen LogP) is 2.58. The van der Waals surface area contributed by atoms with E-state index in [-0.39, 0.29) is 30.5 Å². The molecule has 2 rings (SSSR count). The quantitative estimate of drug-likeness (QED) is 0.887. The molecule has 0 heterocycles. The van der Waals surface area contributed by atoms with Crippen LogP contribution in [0.5, 0.6) is 0 Å². The van der Waals surface area contributed by atoms with Crippen LogP contribution in [-0.4, -0.2) is 18.4 Å². The van der Waals surface area contributed by atoms with E-state index in [0.717, 1.165) is 0 Å². The summed E-state index contributed by atoms with van der Waals surface area (Å²) in [6, 6.07) is 14.7. The molecule has 2 amide bonds. The van der Waals surface area contributed by atoms with Gasteiger partial charge in [0.2, 0.25) is 5.91 Å². The summed E-state index contributed by atoms with van der Waals surface area (Å²) in [5.41, 5.74) is 0.670. The van der Waals surface area contributed by atoms with Crippen LogP contribution in [0.3, 0.4) is 0 Å². The maximum Gasteiger partial charge on any atom is 0.251 e. The average Bonchev–Trinajstić information content (AvgIpc) is 2.50. The fourth-order valence-electron chi connectivity index (χ4n) is 1.76. The normalized spacial score (nSPS) is 9.95. The molecule has 0 saturated heterocycles. The Morgan fingerprint density at radius 1 is 0.952 bits per heavy atom. The first-order valence-electron chi connectivity index (χ1n) is 6.54. The molecule has 0 aliphatic rings. The number of carbonyl (C=O) groups excluding carboxylic acids is 2. The van der Waals surface area contributed by atoms with Gasteiger partial charge >= 0.3 is 0 Å². The molecule has 2 aromatic rings. The number of carbonyl (C=O) groups is 2. The van der Waals surface area contributed by atoms with E-state index in [1.54, 1.807) is 36.4 Å². The molecule has 0 aliphatic carbocycles. The predicted molar refractivity (Wildman–Crippen MR) is 78.4 cm³/mol. The Hall–Kier alpha value is -2.69. The Labute approximate surface area is 122 Å². The van der Waals surface area contributed by atoms with Gasteiger partial charge in [-0.2, -0.15) is 0 Å². The fourth-order valence-corrected chi connectivity index (χ4v) is 1.76. The van der Waals surface area contributed by atoms with Gasteiger partial charge in [0, 0.05) is 18.5 Å². The number of nitrogens with one attached hydrogen (secondary N) is 2. The van der Waals surface area contributed by atoms with E-state index in [0.29, 0.717) is 5.56 Å². The molecule has 108 valence electrons. The zero-order valence-corrected chi connectivity index (χ0v) is 11.3. The summed E-state index contributed by atoms with van der Waals surface area (Å²) in [6.45, 7) is 0.189. The highest BCUT2D eigenvalue weighted by Crippen LogP contribution is 2.12. The highest BCUT2D eigenvalue weighted by molar-refractivity contribution is 5.95. The minimum Gasteiger partial charge on any atom is -0.352 e. The number of rotatable bonds is 5. The van der Waals surface area contributed by atoms with Crippen LogP contribution in [0.15, 0.2) is 54.6 Å². The Balaban J connectivity index is 1.77. The smallest absolute Gasteiger partial charge is 0.251 e. The van der Waals surface area contributed by atoms with Gasteiger partial charge in [-0.05, 0) is 24.3 Å². The summed E-state index contributed by atoms with van der Waals surface area (Å²) in [7, 11) is 0. The van der Waals surface area contributed by atoms with Crippen molar-refractivity contribution in [3.05, 3.63) is 66.0 Å². The summed E-state index contributed by atoms with van der Waals surface area (Å²) >= 11 is 0. The number of halogens is 1. The average molecular weight is 286 g/mol. The van der Waals surface area contributed by atoms with Crippen molar-refractivity contribution in [2.24, 2.45) is 0 Å². The SMILES string of the molecule is O=C(CCNC(=O)c1ccccc1)Nc1ccccc1F. The largest absolute Gasteiger partial charge is 0.352 e. The van der Waals surface area contributed by atoms with E-state index in [4.69, 9.17) is 0 Å². The van der Waals surface area contributed by atoms with Crippen LogP contribution in [0.4, 0.5) is 10.1 Å². The van der Waals surface area contributed by atoms with Crippen molar-refractivity contribution in [2.75, 3.05) is 11.9 Å². The zero-order chi connectivity index (χ0) is 15.1. The highest BCUT2D eigenvalue weighted by Gasteiger charge is 2.08. The molecule has 5 heteroatoms. The minimum absolute atomic E-state index is 0.0763. The Morgan fingerprint density at radius 2 is 1.62 bits per heavy atom. The van der Waals surface area contributed by atoms with Crippen LogP contribution in [0.2, 0.25) is 0 Å². The van der Waals surface area contributed by atoms with Crippen LogP contribution in [0.1, 0.15) is 16.8 Å². The van der Waals surface area contributed by atoms with Crippen molar-refractivity contribution < 1.29 is 14.0 Å². The van der Waals surface area contributed by atoms with Crippen molar-refractivity contribution in [3.63, 3.8) is 0 Å². The Morgan fingerprint density at radius 3 is 2.33 bits per heavy atom. The number of hydrogen-bond acceptors (Lipinski definition) is 2. The van der Waals surface area contributed by atoms with E-state index in [9.17, 15) is 14.0 Å². The lowest BCUT2D eigenvalue weighted by atomic mass is 10.2. The maximum atomic E-state index is 13.3. The first-order valence-corrected chi connectivity index (χ1v) is 6.54. The van der Waals surface area contributed by atoms with Crippen molar-refractivity contribution in [3.8, 4) is 0 Å². The first-order chi connectivity index (χ1) is 10.2. The number of anilines is 1. The first kappa shape index (κ1) is 14.7. The van der Waals surface area contributed by atoms with Gasteiger partial charge in [-0.3, -0.25) is 9.59 Å². The maximum absolute atomic E-state index is 13.3. The third kappa shape index (κ3) is 4.42. The number of para-hydroxylation sites is 1. The number of hydrogen-bond donors (Lipinski definition) is 2. The van der Waals surface area contributed by atoms with E-state index in [1.165, 1.54) is 12.1 Å².